The molecule has 1 saturated carbocycles. The first-order valence-electron chi connectivity index (χ1n) is 8.66. The molecule has 1 aliphatic carbocycles. The first-order valence-corrected chi connectivity index (χ1v) is 9.47. The monoisotopic (exact) mass is 344 g/mol. The van der Waals surface area contributed by atoms with E-state index >= 15 is 0 Å². The van der Waals surface area contributed by atoms with Crippen LogP contribution in [-0.4, -0.2) is 20.9 Å². The molecule has 0 radical (unpaired) electrons. The van der Waals surface area contributed by atoms with Crippen LogP contribution in [0.3, 0.4) is 0 Å². The van der Waals surface area contributed by atoms with Gasteiger partial charge in [-0.1, -0.05) is 33.1 Å². The van der Waals surface area contributed by atoms with Crippen LogP contribution in [0.25, 0.3) is 0 Å². The molecule has 1 N–H and O–H groups in total. The van der Waals surface area contributed by atoms with E-state index in [0.717, 1.165) is 16.4 Å². The Morgan fingerprint density at radius 2 is 1.92 bits per heavy atom. The lowest BCUT2D eigenvalue weighted by molar-refractivity contribution is 0.102. The standard InChI is InChI=1S/C18H24N4OS/c1-11(2)14-16(20-10-9-19-14)22-17(23)15-12(3)21-18(24-15)13-7-5-4-6-8-13/h9-11,13H,4-8H2,1-3H3,(H,20,22,23). The molecule has 1 aliphatic rings. The molecule has 2 aromatic heterocycles. The zero-order chi connectivity index (χ0) is 17.1. The van der Waals surface area contributed by atoms with Gasteiger partial charge in [-0.15, -0.1) is 11.3 Å². The summed E-state index contributed by atoms with van der Waals surface area (Å²) in [5, 5.41) is 4.03. The van der Waals surface area contributed by atoms with Gasteiger partial charge in [0.1, 0.15) is 4.88 Å². The fourth-order valence-electron chi connectivity index (χ4n) is 3.18. The van der Waals surface area contributed by atoms with Gasteiger partial charge in [0.05, 0.1) is 16.4 Å². The quantitative estimate of drug-likeness (QED) is 0.875. The van der Waals surface area contributed by atoms with E-state index in [4.69, 9.17) is 0 Å². The van der Waals surface area contributed by atoms with Crippen LogP contribution in [0.2, 0.25) is 0 Å². The zero-order valence-corrected chi connectivity index (χ0v) is 15.3. The fourth-order valence-corrected chi connectivity index (χ4v) is 4.32. The van der Waals surface area contributed by atoms with Gasteiger partial charge in [-0.2, -0.15) is 0 Å². The van der Waals surface area contributed by atoms with Crippen LogP contribution in [0.15, 0.2) is 12.4 Å². The van der Waals surface area contributed by atoms with Crippen molar-refractivity contribution in [3.05, 3.63) is 33.7 Å². The van der Waals surface area contributed by atoms with Gasteiger partial charge in [-0.3, -0.25) is 9.78 Å². The summed E-state index contributed by atoms with van der Waals surface area (Å²) in [6.07, 6.45) is 9.49. The topological polar surface area (TPSA) is 67.8 Å². The number of hydrogen-bond acceptors (Lipinski definition) is 5. The maximum Gasteiger partial charge on any atom is 0.268 e. The molecule has 0 bridgehead atoms. The molecule has 2 aromatic rings. The van der Waals surface area contributed by atoms with Crippen LogP contribution in [0.4, 0.5) is 5.82 Å². The molecule has 128 valence electrons. The molecule has 0 unspecified atom stereocenters. The minimum atomic E-state index is -0.130. The number of nitrogens with one attached hydrogen (secondary N) is 1. The molecular formula is C18H24N4OS. The highest BCUT2D eigenvalue weighted by Gasteiger charge is 2.23. The Kier molecular flexibility index (Phi) is 5.23. The van der Waals surface area contributed by atoms with E-state index in [1.165, 1.54) is 43.4 Å². The van der Waals surface area contributed by atoms with Gasteiger partial charge in [0.25, 0.3) is 5.91 Å². The maximum absolute atomic E-state index is 12.7. The predicted octanol–water partition coefficient (Wildman–Crippen LogP) is 4.66. The highest BCUT2D eigenvalue weighted by atomic mass is 32.1. The van der Waals surface area contributed by atoms with Gasteiger partial charge >= 0.3 is 0 Å². The largest absolute Gasteiger partial charge is 0.304 e. The average Bonchev–Trinajstić information content (AvgIpc) is 2.98. The lowest BCUT2D eigenvalue weighted by Gasteiger charge is -2.18. The Bertz CT molecular complexity index is 720. The van der Waals surface area contributed by atoms with Crippen molar-refractivity contribution in [2.75, 3.05) is 5.32 Å². The van der Waals surface area contributed by atoms with Crippen LogP contribution in [0, 0.1) is 6.92 Å². The zero-order valence-electron chi connectivity index (χ0n) is 14.5. The summed E-state index contributed by atoms with van der Waals surface area (Å²) in [5.41, 5.74) is 1.62. The van der Waals surface area contributed by atoms with E-state index < -0.39 is 0 Å². The number of amides is 1. The second-order valence-electron chi connectivity index (χ2n) is 6.70. The second-order valence-corrected chi connectivity index (χ2v) is 7.73. The SMILES string of the molecule is Cc1nc(C2CCCCC2)sc1C(=O)Nc1nccnc1C(C)C. The van der Waals surface area contributed by atoms with Gasteiger partial charge < -0.3 is 5.32 Å². The van der Waals surface area contributed by atoms with Crippen molar-refractivity contribution in [3.8, 4) is 0 Å². The summed E-state index contributed by atoms with van der Waals surface area (Å²) >= 11 is 1.54. The Morgan fingerprint density at radius 3 is 2.62 bits per heavy atom. The Balaban J connectivity index is 1.79. The predicted molar refractivity (Wildman–Crippen MR) is 96.8 cm³/mol. The normalized spacial score (nSPS) is 15.7. The molecule has 0 atom stereocenters. The molecule has 3 rings (SSSR count). The van der Waals surface area contributed by atoms with Crippen LogP contribution in [-0.2, 0) is 0 Å². The van der Waals surface area contributed by atoms with Gasteiger partial charge in [0, 0.05) is 18.3 Å². The number of aryl methyl sites for hydroxylation is 1. The van der Waals surface area contributed by atoms with Gasteiger partial charge in [-0.25, -0.2) is 9.97 Å². The summed E-state index contributed by atoms with van der Waals surface area (Å²) < 4.78 is 0. The molecule has 1 fully saturated rings. The summed E-state index contributed by atoms with van der Waals surface area (Å²) in [5.74, 6) is 1.14. The third kappa shape index (κ3) is 3.64. The van der Waals surface area contributed by atoms with Crippen molar-refractivity contribution in [3.63, 3.8) is 0 Å². The molecular weight excluding hydrogens is 320 g/mol. The minimum Gasteiger partial charge on any atom is -0.304 e. The molecule has 6 heteroatoms. The number of aromatic nitrogens is 3. The van der Waals surface area contributed by atoms with Crippen LogP contribution in [0.1, 0.15) is 83.9 Å². The number of carbonyl (C=O) groups excluding carboxylic acids is 1. The van der Waals surface area contributed by atoms with Crippen LogP contribution >= 0.6 is 11.3 Å². The third-order valence-electron chi connectivity index (χ3n) is 4.48. The number of thiazole rings is 1. The molecule has 0 aromatic carbocycles. The van der Waals surface area contributed by atoms with Crippen molar-refractivity contribution in [1.29, 1.82) is 0 Å². The van der Waals surface area contributed by atoms with E-state index in [9.17, 15) is 4.79 Å². The Hall–Kier alpha value is -1.82. The van der Waals surface area contributed by atoms with Crippen LogP contribution < -0.4 is 5.32 Å². The van der Waals surface area contributed by atoms with Gasteiger partial charge in [0.15, 0.2) is 5.82 Å². The summed E-state index contributed by atoms with van der Waals surface area (Å²) in [7, 11) is 0. The van der Waals surface area contributed by atoms with Crippen LogP contribution in [0.5, 0.6) is 0 Å². The molecule has 0 spiro atoms. The third-order valence-corrected chi connectivity index (χ3v) is 5.80. The van der Waals surface area contributed by atoms with E-state index in [1.807, 2.05) is 20.8 Å². The highest BCUT2D eigenvalue weighted by Crippen LogP contribution is 2.36. The number of rotatable bonds is 4. The van der Waals surface area contributed by atoms with E-state index in [1.54, 1.807) is 12.4 Å². The molecule has 0 saturated heterocycles. The molecule has 5 nitrogen and oxygen atoms in total. The summed E-state index contributed by atoms with van der Waals surface area (Å²) in [4.78, 5) is 26.7. The Labute approximate surface area is 147 Å². The lowest BCUT2D eigenvalue weighted by atomic mass is 9.90. The number of carbonyl (C=O) groups is 1. The van der Waals surface area contributed by atoms with Gasteiger partial charge in [0.2, 0.25) is 0 Å². The number of anilines is 1. The fraction of sp³-hybridized carbons (Fsp3) is 0.556. The molecule has 1 amide bonds. The van der Waals surface area contributed by atoms with E-state index in [2.05, 4.69) is 20.3 Å². The first-order chi connectivity index (χ1) is 11.6. The molecule has 24 heavy (non-hydrogen) atoms. The summed E-state index contributed by atoms with van der Waals surface area (Å²) in [6.45, 7) is 6.00. The minimum absolute atomic E-state index is 0.130. The van der Waals surface area contributed by atoms with E-state index in [0.29, 0.717) is 16.6 Å². The maximum atomic E-state index is 12.7. The van der Waals surface area contributed by atoms with Crippen molar-refractivity contribution in [2.45, 2.75) is 64.7 Å². The average molecular weight is 344 g/mol. The molecule has 0 aliphatic heterocycles. The van der Waals surface area contributed by atoms with Crippen molar-refractivity contribution < 1.29 is 4.79 Å². The van der Waals surface area contributed by atoms with Crippen molar-refractivity contribution >= 4 is 23.1 Å². The second kappa shape index (κ2) is 7.38. The van der Waals surface area contributed by atoms with Crippen molar-refractivity contribution in [1.82, 2.24) is 15.0 Å². The van der Waals surface area contributed by atoms with Gasteiger partial charge in [-0.05, 0) is 25.7 Å². The van der Waals surface area contributed by atoms with E-state index in [-0.39, 0.29) is 11.8 Å². The number of nitrogens with zero attached hydrogens (tertiary/aromatic N) is 3. The number of hydrogen-bond donors (Lipinski definition) is 1. The first kappa shape index (κ1) is 17.0. The Morgan fingerprint density at radius 1 is 1.21 bits per heavy atom. The van der Waals surface area contributed by atoms with Crippen molar-refractivity contribution in [2.24, 2.45) is 0 Å². The molecule has 2 heterocycles. The smallest absolute Gasteiger partial charge is 0.268 e. The summed E-state index contributed by atoms with van der Waals surface area (Å²) in [6, 6.07) is 0. The highest BCUT2D eigenvalue weighted by molar-refractivity contribution is 7.14. The lowest BCUT2D eigenvalue weighted by Crippen LogP contribution is -2.15.